The largest absolute Gasteiger partial charge is 0.494 e. The summed E-state index contributed by atoms with van der Waals surface area (Å²) in [6, 6.07) is 4.99. The van der Waals surface area contributed by atoms with Crippen LogP contribution in [0.2, 0.25) is 0 Å². The maximum absolute atomic E-state index is 14.1. The number of hydrogen-bond donors (Lipinski definition) is 1. The van der Waals surface area contributed by atoms with Gasteiger partial charge in [-0.25, -0.2) is 4.39 Å². The number of amides is 1. The zero-order valence-corrected chi connectivity index (χ0v) is 13.4. The van der Waals surface area contributed by atoms with Gasteiger partial charge in [-0.2, -0.15) is 0 Å². The van der Waals surface area contributed by atoms with Crippen molar-refractivity contribution in [2.24, 2.45) is 5.92 Å². The summed E-state index contributed by atoms with van der Waals surface area (Å²) in [6.45, 7) is 1.80. The summed E-state index contributed by atoms with van der Waals surface area (Å²) in [7, 11) is 1.40. The molecule has 5 nitrogen and oxygen atoms in total. The highest BCUT2D eigenvalue weighted by Gasteiger charge is 2.34. The molecule has 23 heavy (non-hydrogen) atoms. The molecule has 0 spiro atoms. The van der Waals surface area contributed by atoms with Crippen LogP contribution in [0.1, 0.15) is 31.7 Å². The topological polar surface area (TPSA) is 66.8 Å². The van der Waals surface area contributed by atoms with Crippen LogP contribution in [-0.2, 0) is 16.0 Å². The molecule has 2 rings (SSSR count). The molecule has 0 saturated heterocycles. The first-order chi connectivity index (χ1) is 10.9. The smallest absolute Gasteiger partial charge is 0.308 e. The Morgan fingerprint density at radius 2 is 2.13 bits per heavy atom. The van der Waals surface area contributed by atoms with E-state index < -0.39 is 17.7 Å². The van der Waals surface area contributed by atoms with E-state index in [9.17, 15) is 14.0 Å². The molecule has 1 fully saturated rings. The van der Waals surface area contributed by atoms with E-state index >= 15 is 0 Å². The normalized spacial score (nSPS) is 15.1. The lowest BCUT2D eigenvalue weighted by Gasteiger charge is -2.24. The molecule has 1 aromatic carbocycles. The van der Waals surface area contributed by atoms with Crippen LogP contribution < -0.4 is 4.74 Å². The van der Waals surface area contributed by atoms with E-state index in [1.807, 2.05) is 0 Å². The number of carboxylic acids is 1. The van der Waals surface area contributed by atoms with Gasteiger partial charge in [0, 0.05) is 19.0 Å². The number of aliphatic carboxylic acids is 1. The van der Waals surface area contributed by atoms with Crippen LogP contribution in [0.15, 0.2) is 18.2 Å². The summed E-state index contributed by atoms with van der Waals surface area (Å²) in [4.78, 5) is 25.0. The summed E-state index contributed by atoms with van der Waals surface area (Å²) in [5, 5.41) is 9.02. The van der Waals surface area contributed by atoms with Gasteiger partial charge in [0.1, 0.15) is 0 Å². The summed E-state index contributed by atoms with van der Waals surface area (Å²) in [5.74, 6) is -1.92. The standard InChI is InChI=1S/C17H22FNO4/c1-11(17(21)22)10-19(13-7-8-13)15(20)9-6-12-4-3-5-14(23-2)16(12)18/h3-5,11,13H,6-10H2,1-2H3,(H,21,22). The molecule has 1 N–H and O–H groups in total. The molecule has 1 aliphatic carbocycles. The van der Waals surface area contributed by atoms with Crippen LogP contribution in [0.4, 0.5) is 4.39 Å². The Balaban J connectivity index is 1.98. The lowest BCUT2D eigenvalue weighted by Crippen LogP contribution is -2.38. The van der Waals surface area contributed by atoms with E-state index in [-0.39, 0.29) is 37.1 Å². The van der Waals surface area contributed by atoms with Gasteiger partial charge in [0.15, 0.2) is 11.6 Å². The molecule has 0 aliphatic heterocycles. The van der Waals surface area contributed by atoms with E-state index in [0.717, 1.165) is 12.8 Å². The Morgan fingerprint density at radius 3 is 2.70 bits per heavy atom. The fourth-order valence-corrected chi connectivity index (χ4v) is 2.51. The number of benzene rings is 1. The molecule has 1 amide bonds. The Labute approximate surface area is 135 Å². The number of carbonyl (C=O) groups excluding carboxylic acids is 1. The van der Waals surface area contributed by atoms with Crippen LogP contribution in [0.5, 0.6) is 5.75 Å². The lowest BCUT2D eigenvalue weighted by atomic mass is 10.1. The summed E-state index contributed by atoms with van der Waals surface area (Å²) in [6.07, 6.45) is 2.25. The Kier molecular flexibility index (Phi) is 5.58. The highest BCUT2D eigenvalue weighted by Crippen LogP contribution is 2.29. The van der Waals surface area contributed by atoms with E-state index in [4.69, 9.17) is 9.84 Å². The zero-order valence-electron chi connectivity index (χ0n) is 13.4. The molecular weight excluding hydrogens is 301 g/mol. The molecule has 0 aromatic heterocycles. The first-order valence-electron chi connectivity index (χ1n) is 7.77. The Bertz CT molecular complexity index is 586. The van der Waals surface area contributed by atoms with Crippen molar-refractivity contribution in [1.29, 1.82) is 0 Å². The van der Waals surface area contributed by atoms with Crippen molar-refractivity contribution in [2.75, 3.05) is 13.7 Å². The van der Waals surface area contributed by atoms with E-state index in [1.54, 1.807) is 24.0 Å². The Morgan fingerprint density at radius 1 is 1.43 bits per heavy atom. The van der Waals surface area contributed by atoms with Crippen molar-refractivity contribution >= 4 is 11.9 Å². The lowest BCUT2D eigenvalue weighted by molar-refractivity contribution is -0.143. The number of carbonyl (C=O) groups is 2. The van der Waals surface area contributed by atoms with Gasteiger partial charge in [-0.3, -0.25) is 9.59 Å². The predicted octanol–water partition coefficient (Wildman–Crippen LogP) is 2.48. The molecule has 1 aliphatic rings. The number of ether oxygens (including phenoxy) is 1. The third kappa shape index (κ3) is 4.43. The number of carboxylic acid groups (broad SMARTS) is 1. The van der Waals surface area contributed by atoms with Gasteiger partial charge in [0.05, 0.1) is 13.0 Å². The highest BCUT2D eigenvalue weighted by molar-refractivity contribution is 5.78. The van der Waals surface area contributed by atoms with Gasteiger partial charge >= 0.3 is 5.97 Å². The fraction of sp³-hybridized carbons (Fsp3) is 0.529. The first-order valence-corrected chi connectivity index (χ1v) is 7.77. The minimum Gasteiger partial charge on any atom is -0.494 e. The predicted molar refractivity (Wildman–Crippen MR) is 82.8 cm³/mol. The summed E-state index contributed by atoms with van der Waals surface area (Å²) < 4.78 is 19.0. The molecule has 1 unspecified atom stereocenters. The van der Waals surface area contributed by atoms with Crippen LogP contribution >= 0.6 is 0 Å². The number of hydrogen-bond acceptors (Lipinski definition) is 3. The second-order valence-corrected chi connectivity index (χ2v) is 5.95. The molecule has 1 atom stereocenters. The SMILES string of the molecule is COc1cccc(CCC(=O)N(CC(C)C(=O)O)C2CC2)c1F. The van der Waals surface area contributed by atoms with Crippen molar-refractivity contribution in [3.8, 4) is 5.75 Å². The van der Waals surface area contributed by atoms with Crippen molar-refractivity contribution in [2.45, 2.75) is 38.6 Å². The molecule has 126 valence electrons. The molecule has 1 saturated carbocycles. The van der Waals surface area contributed by atoms with Gasteiger partial charge < -0.3 is 14.7 Å². The second kappa shape index (κ2) is 7.44. The maximum atomic E-state index is 14.1. The third-order valence-corrected chi connectivity index (χ3v) is 4.07. The van der Waals surface area contributed by atoms with Gasteiger partial charge in [0.2, 0.25) is 5.91 Å². The van der Waals surface area contributed by atoms with Crippen LogP contribution in [-0.4, -0.2) is 41.6 Å². The minimum atomic E-state index is -0.915. The van der Waals surface area contributed by atoms with Crippen molar-refractivity contribution in [3.05, 3.63) is 29.6 Å². The monoisotopic (exact) mass is 323 g/mol. The highest BCUT2D eigenvalue weighted by atomic mass is 19.1. The molecule has 6 heteroatoms. The number of halogens is 1. The molecular formula is C17H22FNO4. The maximum Gasteiger partial charge on any atom is 0.308 e. The van der Waals surface area contributed by atoms with Gasteiger partial charge in [-0.05, 0) is 30.9 Å². The fourth-order valence-electron chi connectivity index (χ4n) is 2.51. The zero-order chi connectivity index (χ0) is 17.0. The average molecular weight is 323 g/mol. The molecule has 1 aromatic rings. The summed E-state index contributed by atoms with van der Waals surface area (Å²) in [5.41, 5.74) is 0.430. The average Bonchev–Trinajstić information content (AvgIpc) is 3.35. The van der Waals surface area contributed by atoms with Crippen molar-refractivity contribution in [1.82, 2.24) is 4.90 Å². The number of methoxy groups -OCH3 is 1. The molecule has 0 bridgehead atoms. The molecule has 0 heterocycles. The van der Waals surface area contributed by atoms with Gasteiger partial charge in [0.25, 0.3) is 0 Å². The minimum absolute atomic E-state index is 0.122. The quantitative estimate of drug-likeness (QED) is 0.798. The van der Waals surface area contributed by atoms with Gasteiger partial charge in [-0.15, -0.1) is 0 Å². The molecule has 0 radical (unpaired) electrons. The summed E-state index contributed by atoms with van der Waals surface area (Å²) >= 11 is 0. The number of rotatable bonds is 8. The third-order valence-electron chi connectivity index (χ3n) is 4.07. The van der Waals surface area contributed by atoms with Crippen molar-refractivity contribution < 1.29 is 23.8 Å². The van der Waals surface area contributed by atoms with E-state index in [0.29, 0.717) is 5.56 Å². The Hall–Kier alpha value is -2.11. The number of aryl methyl sites for hydroxylation is 1. The van der Waals surface area contributed by atoms with Crippen LogP contribution in [0.3, 0.4) is 0 Å². The van der Waals surface area contributed by atoms with Gasteiger partial charge in [-0.1, -0.05) is 19.1 Å². The van der Waals surface area contributed by atoms with Crippen LogP contribution in [0.25, 0.3) is 0 Å². The second-order valence-electron chi connectivity index (χ2n) is 5.95. The van der Waals surface area contributed by atoms with E-state index in [1.165, 1.54) is 13.2 Å². The van der Waals surface area contributed by atoms with Crippen molar-refractivity contribution in [3.63, 3.8) is 0 Å². The van der Waals surface area contributed by atoms with Crippen LogP contribution in [0, 0.1) is 11.7 Å². The first kappa shape index (κ1) is 17.2. The number of nitrogens with zero attached hydrogens (tertiary/aromatic N) is 1. The van der Waals surface area contributed by atoms with E-state index in [2.05, 4.69) is 0 Å².